The van der Waals surface area contributed by atoms with Gasteiger partial charge in [0.2, 0.25) is 0 Å². The monoisotopic (exact) mass is 421 g/mol. The molecule has 4 rings (SSSR count). The molecule has 0 saturated heterocycles. The van der Waals surface area contributed by atoms with Gasteiger partial charge in [-0.05, 0) is 40.3 Å². The Hall–Kier alpha value is -3.85. The van der Waals surface area contributed by atoms with Gasteiger partial charge >= 0.3 is 0 Å². The quantitative estimate of drug-likeness (QED) is 0.336. The molecule has 0 spiro atoms. The first-order valence-corrected chi connectivity index (χ1v) is 10.7. The standard InChI is InChI=1S/C29H27NO2/c1-29(2,3)26-16-10-15-22(27(26)31)19-30-23-17-24(20-11-6-4-7-12-20)28(32)25(18-23)21-13-8-5-9-14-21/h4-19,31-32H,1-3H3. The predicted octanol–water partition coefficient (Wildman–Crippen LogP) is 7.48. The summed E-state index contributed by atoms with van der Waals surface area (Å²) in [5.74, 6) is 0.466. The van der Waals surface area contributed by atoms with Crippen molar-refractivity contribution in [1.82, 2.24) is 0 Å². The van der Waals surface area contributed by atoms with Crippen LogP contribution in [-0.4, -0.2) is 16.4 Å². The second-order valence-electron chi connectivity index (χ2n) is 8.87. The van der Waals surface area contributed by atoms with E-state index in [2.05, 4.69) is 25.8 Å². The summed E-state index contributed by atoms with van der Waals surface area (Å²) in [6.45, 7) is 6.21. The average Bonchev–Trinajstić information content (AvgIpc) is 2.79. The molecule has 0 unspecified atom stereocenters. The summed E-state index contributed by atoms with van der Waals surface area (Å²) in [6, 6.07) is 29.0. The van der Waals surface area contributed by atoms with Crippen LogP contribution in [0.3, 0.4) is 0 Å². The molecule has 0 bridgehead atoms. The highest BCUT2D eigenvalue weighted by Crippen LogP contribution is 2.41. The highest BCUT2D eigenvalue weighted by molar-refractivity contribution is 5.89. The zero-order valence-corrected chi connectivity index (χ0v) is 18.6. The number of para-hydroxylation sites is 1. The molecule has 0 amide bonds. The zero-order valence-electron chi connectivity index (χ0n) is 18.6. The van der Waals surface area contributed by atoms with Gasteiger partial charge in [0.25, 0.3) is 0 Å². The third kappa shape index (κ3) is 4.42. The highest BCUT2D eigenvalue weighted by atomic mass is 16.3. The largest absolute Gasteiger partial charge is 0.507 e. The SMILES string of the molecule is CC(C)(C)c1cccc(C=Nc2cc(-c3ccccc3)c(O)c(-c3ccccc3)c2)c1O. The Morgan fingerprint density at radius 3 is 1.69 bits per heavy atom. The molecule has 0 radical (unpaired) electrons. The molecule has 32 heavy (non-hydrogen) atoms. The molecule has 0 aliphatic carbocycles. The zero-order chi connectivity index (χ0) is 22.7. The molecule has 0 heterocycles. The summed E-state index contributed by atoms with van der Waals surface area (Å²) in [7, 11) is 0. The molecule has 0 atom stereocenters. The number of benzene rings is 4. The number of aliphatic imine (C=N–C) groups is 1. The van der Waals surface area contributed by atoms with E-state index in [1.165, 1.54) is 0 Å². The number of rotatable bonds is 4. The van der Waals surface area contributed by atoms with Crippen molar-refractivity contribution >= 4 is 11.9 Å². The fourth-order valence-corrected chi connectivity index (χ4v) is 3.78. The fourth-order valence-electron chi connectivity index (χ4n) is 3.78. The van der Waals surface area contributed by atoms with Crippen molar-refractivity contribution in [2.75, 3.05) is 0 Å². The van der Waals surface area contributed by atoms with Gasteiger partial charge in [-0.15, -0.1) is 0 Å². The Labute approximate surface area is 189 Å². The first kappa shape index (κ1) is 21.4. The minimum Gasteiger partial charge on any atom is -0.507 e. The smallest absolute Gasteiger partial charge is 0.131 e. The topological polar surface area (TPSA) is 52.8 Å². The lowest BCUT2D eigenvalue weighted by Crippen LogP contribution is -2.11. The lowest BCUT2D eigenvalue weighted by molar-refractivity contribution is 0.446. The van der Waals surface area contributed by atoms with Crippen molar-refractivity contribution in [3.8, 4) is 33.8 Å². The lowest BCUT2D eigenvalue weighted by Gasteiger charge is -2.21. The third-order valence-corrected chi connectivity index (χ3v) is 5.49. The Kier molecular flexibility index (Phi) is 5.83. The van der Waals surface area contributed by atoms with Crippen LogP contribution in [0.1, 0.15) is 31.9 Å². The van der Waals surface area contributed by atoms with Gasteiger partial charge in [0, 0.05) is 22.9 Å². The van der Waals surface area contributed by atoms with Crippen molar-refractivity contribution in [2.24, 2.45) is 4.99 Å². The molecular formula is C29H27NO2. The van der Waals surface area contributed by atoms with Crippen LogP contribution in [0.25, 0.3) is 22.3 Å². The van der Waals surface area contributed by atoms with E-state index in [1.807, 2.05) is 91.0 Å². The Morgan fingerprint density at radius 2 is 1.19 bits per heavy atom. The number of hydrogen-bond donors (Lipinski definition) is 2. The minimum atomic E-state index is -0.173. The minimum absolute atomic E-state index is 0.173. The molecule has 0 saturated carbocycles. The summed E-state index contributed by atoms with van der Waals surface area (Å²) in [6.07, 6.45) is 1.68. The molecule has 4 aromatic rings. The molecule has 160 valence electrons. The normalized spacial score (nSPS) is 11.7. The molecule has 3 heteroatoms. The van der Waals surface area contributed by atoms with Crippen LogP contribution in [0.5, 0.6) is 11.5 Å². The van der Waals surface area contributed by atoms with Gasteiger partial charge in [0.15, 0.2) is 0 Å². The van der Waals surface area contributed by atoms with E-state index >= 15 is 0 Å². The summed E-state index contributed by atoms with van der Waals surface area (Å²) < 4.78 is 0. The van der Waals surface area contributed by atoms with Crippen molar-refractivity contribution < 1.29 is 10.2 Å². The predicted molar refractivity (Wildman–Crippen MR) is 133 cm³/mol. The van der Waals surface area contributed by atoms with Gasteiger partial charge in [-0.1, -0.05) is 93.6 Å². The van der Waals surface area contributed by atoms with E-state index in [0.717, 1.165) is 16.7 Å². The Morgan fingerprint density at radius 1 is 0.656 bits per heavy atom. The number of aromatic hydroxyl groups is 2. The molecule has 3 nitrogen and oxygen atoms in total. The number of hydrogen-bond acceptors (Lipinski definition) is 3. The van der Waals surface area contributed by atoms with Gasteiger partial charge in [0.05, 0.1) is 5.69 Å². The molecular weight excluding hydrogens is 394 g/mol. The van der Waals surface area contributed by atoms with Crippen LogP contribution in [0, 0.1) is 0 Å². The van der Waals surface area contributed by atoms with Gasteiger partial charge in [-0.25, -0.2) is 0 Å². The maximum Gasteiger partial charge on any atom is 0.131 e. The third-order valence-electron chi connectivity index (χ3n) is 5.49. The average molecular weight is 422 g/mol. The molecule has 0 aliphatic rings. The first-order chi connectivity index (χ1) is 15.3. The van der Waals surface area contributed by atoms with E-state index in [-0.39, 0.29) is 16.9 Å². The van der Waals surface area contributed by atoms with E-state index in [0.29, 0.717) is 22.4 Å². The van der Waals surface area contributed by atoms with Crippen molar-refractivity contribution in [1.29, 1.82) is 0 Å². The van der Waals surface area contributed by atoms with Gasteiger partial charge in [0.1, 0.15) is 11.5 Å². The second-order valence-corrected chi connectivity index (χ2v) is 8.87. The van der Waals surface area contributed by atoms with E-state index < -0.39 is 0 Å². The van der Waals surface area contributed by atoms with Gasteiger partial charge < -0.3 is 10.2 Å². The molecule has 0 fully saturated rings. The Balaban J connectivity index is 1.83. The summed E-state index contributed by atoms with van der Waals surface area (Å²) in [5.41, 5.74) is 5.32. The highest BCUT2D eigenvalue weighted by Gasteiger charge is 2.19. The van der Waals surface area contributed by atoms with Crippen LogP contribution < -0.4 is 0 Å². The number of nitrogens with zero attached hydrogens (tertiary/aromatic N) is 1. The number of phenolic OH excluding ortho intramolecular Hbond substituents is 2. The van der Waals surface area contributed by atoms with E-state index in [9.17, 15) is 10.2 Å². The van der Waals surface area contributed by atoms with Gasteiger partial charge in [-0.3, -0.25) is 4.99 Å². The van der Waals surface area contributed by atoms with Crippen molar-refractivity contribution in [2.45, 2.75) is 26.2 Å². The summed E-state index contributed by atoms with van der Waals surface area (Å²) in [5, 5.41) is 21.9. The number of phenols is 2. The maximum absolute atomic E-state index is 11.1. The van der Waals surface area contributed by atoms with Crippen LogP contribution in [0.15, 0.2) is 96.0 Å². The van der Waals surface area contributed by atoms with Gasteiger partial charge in [-0.2, -0.15) is 0 Å². The second kappa shape index (κ2) is 8.72. The van der Waals surface area contributed by atoms with Crippen molar-refractivity contribution in [3.63, 3.8) is 0 Å². The van der Waals surface area contributed by atoms with Crippen LogP contribution in [-0.2, 0) is 5.41 Å². The lowest BCUT2D eigenvalue weighted by atomic mass is 9.85. The van der Waals surface area contributed by atoms with Crippen LogP contribution >= 0.6 is 0 Å². The van der Waals surface area contributed by atoms with E-state index in [4.69, 9.17) is 0 Å². The molecule has 0 aromatic heterocycles. The Bertz CT molecular complexity index is 1190. The molecule has 2 N–H and O–H groups in total. The maximum atomic E-state index is 11.1. The van der Waals surface area contributed by atoms with Crippen LogP contribution in [0.4, 0.5) is 5.69 Å². The van der Waals surface area contributed by atoms with E-state index in [1.54, 1.807) is 6.21 Å². The van der Waals surface area contributed by atoms with Crippen LogP contribution in [0.2, 0.25) is 0 Å². The fraction of sp³-hybridized carbons (Fsp3) is 0.138. The summed E-state index contributed by atoms with van der Waals surface area (Å²) in [4.78, 5) is 4.68. The van der Waals surface area contributed by atoms with Crippen molar-refractivity contribution in [3.05, 3.63) is 102 Å². The summed E-state index contributed by atoms with van der Waals surface area (Å²) >= 11 is 0. The molecule has 4 aromatic carbocycles. The first-order valence-electron chi connectivity index (χ1n) is 10.7. The molecule has 0 aliphatic heterocycles.